The van der Waals surface area contributed by atoms with E-state index in [2.05, 4.69) is 15.5 Å². The number of aliphatic hydroxyl groups is 1. The molecule has 1 aliphatic carbocycles. The Morgan fingerprint density at radius 2 is 2.29 bits per heavy atom. The summed E-state index contributed by atoms with van der Waals surface area (Å²) in [6, 6.07) is 1.79. The van der Waals surface area contributed by atoms with Crippen molar-refractivity contribution in [2.45, 2.75) is 44.9 Å². The number of aryl methyl sites for hydroxylation is 1. The Morgan fingerprint density at radius 3 is 2.92 bits per heavy atom. The number of ether oxygens (including phenoxy) is 1. The Balaban J connectivity index is 1.59. The zero-order valence-electron chi connectivity index (χ0n) is 13.9. The molecule has 0 aliphatic heterocycles. The summed E-state index contributed by atoms with van der Waals surface area (Å²) in [5.41, 5.74) is 0.573. The maximum absolute atomic E-state index is 12.2. The van der Waals surface area contributed by atoms with Crippen LogP contribution in [0.3, 0.4) is 0 Å². The Bertz CT molecular complexity index is 703. The van der Waals surface area contributed by atoms with Gasteiger partial charge in [0.25, 0.3) is 5.91 Å². The Kier molecular flexibility index (Phi) is 4.96. The van der Waals surface area contributed by atoms with Crippen molar-refractivity contribution in [3.05, 3.63) is 35.3 Å². The van der Waals surface area contributed by atoms with Gasteiger partial charge in [-0.25, -0.2) is 0 Å². The smallest absolute Gasteiger partial charge is 0.255 e. The molecule has 1 amide bonds. The van der Waals surface area contributed by atoms with Crippen LogP contribution in [0.25, 0.3) is 0 Å². The number of nitrogens with zero attached hydrogens (tertiary/aromatic N) is 3. The van der Waals surface area contributed by atoms with Crippen LogP contribution in [0.5, 0.6) is 0 Å². The van der Waals surface area contributed by atoms with Gasteiger partial charge in [0.15, 0.2) is 5.82 Å². The van der Waals surface area contributed by atoms with Gasteiger partial charge in [-0.2, -0.15) is 0 Å². The van der Waals surface area contributed by atoms with Crippen molar-refractivity contribution in [1.29, 1.82) is 0 Å². The molecule has 0 aromatic carbocycles. The fourth-order valence-corrected chi connectivity index (χ4v) is 3.02. The fraction of sp³-hybridized carbons (Fsp3) is 0.562. The monoisotopic (exact) mass is 334 g/mol. The van der Waals surface area contributed by atoms with E-state index in [1.165, 1.54) is 6.26 Å². The van der Waals surface area contributed by atoms with Crippen molar-refractivity contribution in [2.24, 2.45) is 0 Å². The van der Waals surface area contributed by atoms with E-state index < -0.39 is 0 Å². The molecule has 2 N–H and O–H groups in total. The van der Waals surface area contributed by atoms with Crippen molar-refractivity contribution in [2.75, 3.05) is 13.7 Å². The first-order chi connectivity index (χ1) is 11.6. The predicted octanol–water partition coefficient (Wildman–Crippen LogP) is 0.994. The number of hydrogen-bond donors (Lipinski definition) is 2. The second-order valence-corrected chi connectivity index (χ2v) is 6.01. The number of furan rings is 1. The molecule has 0 spiro atoms. The van der Waals surface area contributed by atoms with Crippen LogP contribution < -0.4 is 5.32 Å². The van der Waals surface area contributed by atoms with E-state index >= 15 is 0 Å². The van der Waals surface area contributed by atoms with Crippen molar-refractivity contribution in [1.82, 2.24) is 20.1 Å². The number of carbonyl (C=O) groups is 1. The van der Waals surface area contributed by atoms with Crippen LogP contribution in [-0.4, -0.2) is 45.5 Å². The van der Waals surface area contributed by atoms with E-state index in [9.17, 15) is 9.90 Å². The van der Waals surface area contributed by atoms with Gasteiger partial charge in [0, 0.05) is 25.6 Å². The van der Waals surface area contributed by atoms with Gasteiger partial charge in [-0.3, -0.25) is 4.79 Å². The van der Waals surface area contributed by atoms with E-state index in [1.54, 1.807) is 20.1 Å². The lowest BCUT2D eigenvalue weighted by molar-refractivity contribution is 0.0904. The summed E-state index contributed by atoms with van der Waals surface area (Å²) in [7, 11) is 1.63. The number of aromatic nitrogens is 3. The van der Waals surface area contributed by atoms with Gasteiger partial charge < -0.3 is 24.1 Å². The van der Waals surface area contributed by atoms with Crippen LogP contribution >= 0.6 is 0 Å². The highest BCUT2D eigenvalue weighted by atomic mass is 16.5. The summed E-state index contributed by atoms with van der Waals surface area (Å²) in [4.78, 5) is 12.2. The molecular formula is C16H22N4O4. The molecule has 130 valence electrons. The molecule has 0 atom stereocenters. The van der Waals surface area contributed by atoms with Gasteiger partial charge in [0.2, 0.25) is 0 Å². The number of hydrogen-bond acceptors (Lipinski definition) is 6. The Labute approximate surface area is 139 Å². The van der Waals surface area contributed by atoms with Gasteiger partial charge in [-0.05, 0) is 25.8 Å². The topological polar surface area (TPSA) is 102 Å². The van der Waals surface area contributed by atoms with Gasteiger partial charge in [-0.15, -0.1) is 10.2 Å². The van der Waals surface area contributed by atoms with Crippen LogP contribution in [0, 0.1) is 6.92 Å². The molecule has 24 heavy (non-hydrogen) atoms. The quantitative estimate of drug-likeness (QED) is 0.783. The summed E-state index contributed by atoms with van der Waals surface area (Å²) >= 11 is 0. The van der Waals surface area contributed by atoms with Crippen LogP contribution in [0.2, 0.25) is 0 Å². The molecule has 0 saturated heterocycles. The van der Waals surface area contributed by atoms with Gasteiger partial charge in [0.05, 0.1) is 18.4 Å². The molecule has 8 nitrogen and oxygen atoms in total. The normalized spacial score (nSPS) is 20.0. The third-order valence-electron chi connectivity index (χ3n) is 4.46. The molecule has 2 heterocycles. The average molecular weight is 334 g/mol. The minimum Gasteiger partial charge on any atom is -0.469 e. The first kappa shape index (κ1) is 16.7. The second kappa shape index (κ2) is 7.14. The number of methoxy groups -OCH3 is 1. The standard InChI is InChI=1S/C16H22N4O4/c1-10-13(3-5-24-10)16(22)17-12-7-11(8-12)15-19-18-14(9-21)20(15)4-6-23-2/h3,5,11-12,21H,4,6-9H2,1-2H3,(H,17,22). The molecule has 3 rings (SSSR count). The lowest BCUT2D eigenvalue weighted by Crippen LogP contribution is -2.44. The Hall–Kier alpha value is -2.19. The van der Waals surface area contributed by atoms with Crippen LogP contribution in [-0.2, 0) is 17.9 Å². The van der Waals surface area contributed by atoms with E-state index in [0.29, 0.717) is 30.3 Å². The van der Waals surface area contributed by atoms with E-state index in [4.69, 9.17) is 9.15 Å². The van der Waals surface area contributed by atoms with Crippen molar-refractivity contribution in [3.63, 3.8) is 0 Å². The molecule has 2 aromatic heterocycles. The number of nitrogens with one attached hydrogen (secondary N) is 1. The lowest BCUT2D eigenvalue weighted by atomic mass is 9.79. The predicted molar refractivity (Wildman–Crippen MR) is 84.5 cm³/mol. The summed E-state index contributed by atoms with van der Waals surface area (Å²) in [5.74, 6) is 2.13. The number of rotatable bonds is 7. The molecule has 2 aromatic rings. The fourth-order valence-electron chi connectivity index (χ4n) is 3.02. The maximum Gasteiger partial charge on any atom is 0.255 e. The SMILES string of the molecule is COCCn1c(CO)nnc1C1CC(NC(=O)c2ccoc2C)C1. The number of aliphatic hydroxyl groups excluding tert-OH is 1. The second-order valence-electron chi connectivity index (χ2n) is 6.01. The number of amides is 1. The minimum absolute atomic E-state index is 0.110. The van der Waals surface area contributed by atoms with E-state index in [1.807, 2.05) is 4.57 Å². The van der Waals surface area contributed by atoms with Gasteiger partial charge >= 0.3 is 0 Å². The molecule has 0 bridgehead atoms. The van der Waals surface area contributed by atoms with E-state index in [0.717, 1.165) is 18.7 Å². The lowest BCUT2D eigenvalue weighted by Gasteiger charge is -2.35. The van der Waals surface area contributed by atoms with Crippen LogP contribution in [0.15, 0.2) is 16.7 Å². The molecule has 1 fully saturated rings. The number of carbonyl (C=O) groups excluding carboxylic acids is 1. The zero-order chi connectivity index (χ0) is 17.1. The maximum atomic E-state index is 12.2. The molecule has 0 unspecified atom stereocenters. The van der Waals surface area contributed by atoms with Crippen LogP contribution in [0.4, 0.5) is 0 Å². The minimum atomic E-state index is -0.149. The summed E-state index contributed by atoms with van der Waals surface area (Å²) < 4.78 is 12.2. The third-order valence-corrected chi connectivity index (χ3v) is 4.46. The average Bonchev–Trinajstić information content (AvgIpc) is 3.14. The largest absolute Gasteiger partial charge is 0.469 e. The first-order valence-corrected chi connectivity index (χ1v) is 8.00. The van der Waals surface area contributed by atoms with Gasteiger partial charge in [-0.1, -0.05) is 0 Å². The van der Waals surface area contributed by atoms with Gasteiger partial charge in [0.1, 0.15) is 18.2 Å². The molecular weight excluding hydrogens is 312 g/mol. The van der Waals surface area contributed by atoms with E-state index in [-0.39, 0.29) is 24.5 Å². The Morgan fingerprint density at radius 1 is 1.50 bits per heavy atom. The summed E-state index contributed by atoms with van der Waals surface area (Å²) in [6.07, 6.45) is 3.13. The third kappa shape index (κ3) is 3.20. The highest BCUT2D eigenvalue weighted by Gasteiger charge is 2.35. The van der Waals surface area contributed by atoms with Crippen molar-refractivity contribution >= 4 is 5.91 Å². The van der Waals surface area contributed by atoms with Crippen LogP contribution in [0.1, 0.15) is 46.5 Å². The zero-order valence-corrected chi connectivity index (χ0v) is 13.9. The highest BCUT2D eigenvalue weighted by Crippen LogP contribution is 2.36. The molecule has 8 heteroatoms. The highest BCUT2D eigenvalue weighted by molar-refractivity contribution is 5.95. The summed E-state index contributed by atoms with van der Waals surface area (Å²) in [6.45, 7) is 2.76. The molecule has 1 aliphatic rings. The summed E-state index contributed by atoms with van der Waals surface area (Å²) in [5, 5.41) is 20.6. The van der Waals surface area contributed by atoms with Crippen molar-refractivity contribution in [3.8, 4) is 0 Å². The molecule has 0 radical (unpaired) electrons. The first-order valence-electron chi connectivity index (χ1n) is 8.00. The van der Waals surface area contributed by atoms with Crippen molar-refractivity contribution < 1.29 is 19.1 Å². The molecule has 1 saturated carbocycles.